The van der Waals surface area contributed by atoms with Gasteiger partial charge in [-0.25, -0.2) is 8.78 Å². The molecular formula is C33H38F2N4O4. The second-order valence-electron chi connectivity index (χ2n) is 11.2. The quantitative estimate of drug-likeness (QED) is 0.314. The third kappa shape index (κ3) is 8.03. The Bertz CT molecular complexity index is 1480. The molecule has 0 spiro atoms. The van der Waals surface area contributed by atoms with E-state index >= 15 is 0 Å². The first-order valence-corrected chi connectivity index (χ1v) is 14.4. The molecule has 3 amide bonds. The van der Waals surface area contributed by atoms with Crippen LogP contribution in [0.25, 0.3) is 0 Å². The molecule has 1 aliphatic heterocycles. The number of aryl methyl sites for hydroxylation is 2. The third-order valence-electron chi connectivity index (χ3n) is 7.77. The molecule has 1 fully saturated rings. The first-order chi connectivity index (χ1) is 20.4. The highest BCUT2D eigenvalue weighted by Crippen LogP contribution is 2.23. The van der Waals surface area contributed by atoms with Crippen LogP contribution >= 0.6 is 0 Å². The fourth-order valence-corrected chi connectivity index (χ4v) is 5.57. The molecule has 5 N–H and O–H groups in total. The number of hydrogen-bond acceptors (Lipinski definition) is 5. The highest BCUT2D eigenvalue weighted by molar-refractivity contribution is 6.01. The van der Waals surface area contributed by atoms with E-state index in [4.69, 9.17) is 11.5 Å². The maximum Gasteiger partial charge on any atom is 0.254 e. The summed E-state index contributed by atoms with van der Waals surface area (Å²) < 4.78 is 27.4. The van der Waals surface area contributed by atoms with Crippen molar-refractivity contribution in [2.75, 3.05) is 13.1 Å². The van der Waals surface area contributed by atoms with Crippen molar-refractivity contribution < 1.29 is 28.3 Å². The maximum absolute atomic E-state index is 14.0. The van der Waals surface area contributed by atoms with Crippen LogP contribution in [-0.2, 0) is 24.2 Å². The van der Waals surface area contributed by atoms with Gasteiger partial charge in [0, 0.05) is 42.9 Å². The van der Waals surface area contributed by atoms with Crippen LogP contribution in [-0.4, -0.2) is 63.9 Å². The summed E-state index contributed by atoms with van der Waals surface area (Å²) in [6.07, 6.45) is 0.705. The number of carbonyl (C=O) groups excluding carboxylic acids is 3. The van der Waals surface area contributed by atoms with Gasteiger partial charge in [0.1, 0.15) is 17.7 Å². The molecule has 3 atom stereocenters. The third-order valence-corrected chi connectivity index (χ3v) is 7.77. The summed E-state index contributed by atoms with van der Waals surface area (Å²) in [4.78, 5) is 42.2. The second-order valence-corrected chi connectivity index (χ2v) is 11.2. The molecule has 0 saturated carbocycles. The molecule has 1 saturated heterocycles. The van der Waals surface area contributed by atoms with Gasteiger partial charge in [0.2, 0.25) is 5.91 Å². The number of hydrogen-bond donors (Lipinski definition) is 3. The Morgan fingerprint density at radius 1 is 1.00 bits per heavy atom. The molecule has 43 heavy (non-hydrogen) atoms. The van der Waals surface area contributed by atoms with Gasteiger partial charge in [-0.3, -0.25) is 14.4 Å². The number of nitrogens with two attached hydrogens (primary N) is 2. The first-order valence-electron chi connectivity index (χ1n) is 14.4. The number of rotatable bonds is 11. The van der Waals surface area contributed by atoms with Crippen LogP contribution in [0.2, 0.25) is 0 Å². The zero-order chi connectivity index (χ0) is 31.3. The lowest BCUT2D eigenvalue weighted by Crippen LogP contribution is -2.46. The maximum atomic E-state index is 14.0. The minimum absolute atomic E-state index is 0.0108. The van der Waals surface area contributed by atoms with Gasteiger partial charge in [-0.2, -0.15) is 0 Å². The van der Waals surface area contributed by atoms with Crippen molar-refractivity contribution in [3.05, 3.63) is 106 Å². The van der Waals surface area contributed by atoms with Gasteiger partial charge in [0.25, 0.3) is 11.8 Å². The zero-order valence-corrected chi connectivity index (χ0v) is 24.4. The van der Waals surface area contributed by atoms with E-state index in [2.05, 4.69) is 0 Å². The Kier molecular flexibility index (Phi) is 10.3. The Balaban J connectivity index is 1.61. The molecule has 3 aromatic rings. The molecule has 0 aliphatic carbocycles. The van der Waals surface area contributed by atoms with Crippen LogP contribution in [0.3, 0.4) is 0 Å². The predicted molar refractivity (Wildman–Crippen MR) is 159 cm³/mol. The van der Waals surface area contributed by atoms with Crippen LogP contribution in [0, 0.1) is 18.6 Å². The van der Waals surface area contributed by atoms with E-state index in [9.17, 15) is 28.3 Å². The molecule has 0 radical (unpaired) electrons. The number of aliphatic hydroxyl groups is 1. The largest absolute Gasteiger partial charge is 0.390 e. The normalized spacial score (nSPS) is 16.1. The number of benzene rings is 3. The Hall–Kier alpha value is -4.15. The zero-order valence-electron chi connectivity index (χ0n) is 24.4. The molecule has 1 aliphatic rings. The van der Waals surface area contributed by atoms with Crippen LogP contribution in [0.1, 0.15) is 62.7 Å². The summed E-state index contributed by atoms with van der Waals surface area (Å²) >= 11 is 0. The van der Waals surface area contributed by atoms with E-state index < -0.39 is 41.6 Å². The van der Waals surface area contributed by atoms with Gasteiger partial charge in [0.05, 0.1) is 6.10 Å². The van der Waals surface area contributed by atoms with Crippen molar-refractivity contribution in [3.63, 3.8) is 0 Å². The first kappa shape index (κ1) is 31.8. The molecule has 0 bridgehead atoms. The SMILES string of the molecule is CCc1cccc(CN(C[C@@H](O)[C@@H](N)Cc2cc(F)cc(F)c2)C(=O)c2cc(C)cc(C(=O)N3CCC[C@@H]3C(N)=O)c2)c1. The second kappa shape index (κ2) is 13.9. The van der Waals surface area contributed by atoms with E-state index in [-0.39, 0.29) is 42.1 Å². The minimum Gasteiger partial charge on any atom is -0.390 e. The molecule has 1 heterocycles. The van der Waals surface area contributed by atoms with Gasteiger partial charge in [-0.05, 0) is 85.2 Å². The van der Waals surface area contributed by atoms with Crippen LogP contribution in [0.15, 0.2) is 60.7 Å². The number of primary amides is 1. The number of amides is 3. The van der Waals surface area contributed by atoms with Crippen molar-refractivity contribution in [1.29, 1.82) is 0 Å². The van der Waals surface area contributed by atoms with Gasteiger partial charge < -0.3 is 26.4 Å². The standard InChI is InChI=1S/C33H38F2N4O4/c1-3-21-6-4-7-22(12-21)18-38(19-30(40)28(36)15-23-13-26(34)17-27(35)14-23)32(42)24-10-20(2)11-25(16-24)33(43)39-9-5-8-29(39)31(37)41/h4,6-7,10-14,16-17,28-30,40H,3,5,8-9,15,18-19,36H2,1-2H3,(H2,37,41)/t28-,29+,30+/m0/s1. The lowest BCUT2D eigenvalue weighted by atomic mass is 10.00. The van der Waals surface area contributed by atoms with E-state index in [1.807, 2.05) is 31.2 Å². The number of likely N-dealkylation sites (tertiary alicyclic amines) is 1. The van der Waals surface area contributed by atoms with Crippen molar-refractivity contribution in [3.8, 4) is 0 Å². The van der Waals surface area contributed by atoms with E-state index in [0.29, 0.717) is 24.9 Å². The van der Waals surface area contributed by atoms with Crippen molar-refractivity contribution in [2.45, 2.75) is 64.3 Å². The van der Waals surface area contributed by atoms with Crippen LogP contribution in [0.4, 0.5) is 8.78 Å². The Labute approximate surface area is 250 Å². The molecule has 4 rings (SSSR count). The summed E-state index contributed by atoms with van der Waals surface area (Å²) in [6.45, 7) is 4.16. The van der Waals surface area contributed by atoms with Gasteiger partial charge in [0.15, 0.2) is 0 Å². The van der Waals surface area contributed by atoms with E-state index in [1.54, 1.807) is 19.1 Å². The summed E-state index contributed by atoms with van der Waals surface area (Å²) in [6, 6.07) is 14.0. The van der Waals surface area contributed by atoms with Crippen LogP contribution in [0.5, 0.6) is 0 Å². The molecule has 0 unspecified atom stereocenters. The monoisotopic (exact) mass is 592 g/mol. The summed E-state index contributed by atoms with van der Waals surface area (Å²) in [5.41, 5.74) is 15.1. The van der Waals surface area contributed by atoms with Gasteiger partial charge >= 0.3 is 0 Å². The molecule has 0 aromatic heterocycles. The lowest BCUT2D eigenvalue weighted by Gasteiger charge is -2.29. The summed E-state index contributed by atoms with van der Waals surface area (Å²) in [7, 11) is 0. The number of carbonyl (C=O) groups is 3. The molecule has 3 aromatic carbocycles. The predicted octanol–water partition coefficient (Wildman–Crippen LogP) is 3.50. The Morgan fingerprint density at radius 3 is 2.35 bits per heavy atom. The van der Waals surface area contributed by atoms with Crippen LogP contribution < -0.4 is 11.5 Å². The van der Waals surface area contributed by atoms with Gasteiger partial charge in [-0.1, -0.05) is 31.2 Å². The van der Waals surface area contributed by atoms with Crippen molar-refractivity contribution in [1.82, 2.24) is 9.80 Å². The Morgan fingerprint density at radius 2 is 1.67 bits per heavy atom. The van der Waals surface area contributed by atoms with E-state index in [1.165, 1.54) is 15.9 Å². The van der Waals surface area contributed by atoms with Crippen molar-refractivity contribution in [2.24, 2.45) is 11.5 Å². The summed E-state index contributed by atoms with van der Waals surface area (Å²) in [5, 5.41) is 11.1. The summed E-state index contributed by atoms with van der Waals surface area (Å²) in [5.74, 6) is -2.88. The molecule has 8 nitrogen and oxygen atoms in total. The minimum atomic E-state index is -1.23. The topological polar surface area (TPSA) is 130 Å². The van der Waals surface area contributed by atoms with E-state index in [0.717, 1.165) is 35.7 Å². The fourth-order valence-electron chi connectivity index (χ4n) is 5.57. The smallest absolute Gasteiger partial charge is 0.254 e. The average Bonchev–Trinajstić information content (AvgIpc) is 3.46. The van der Waals surface area contributed by atoms with Gasteiger partial charge in [-0.15, -0.1) is 0 Å². The highest BCUT2D eigenvalue weighted by atomic mass is 19.1. The lowest BCUT2D eigenvalue weighted by molar-refractivity contribution is -0.121. The molecular weight excluding hydrogens is 554 g/mol. The number of nitrogens with zero attached hydrogens (tertiary/aromatic N) is 2. The molecule has 228 valence electrons. The fraction of sp³-hybridized carbons (Fsp3) is 0.364. The average molecular weight is 593 g/mol. The highest BCUT2D eigenvalue weighted by Gasteiger charge is 2.34. The number of aliphatic hydroxyl groups excluding tert-OH is 1. The van der Waals surface area contributed by atoms with Crippen molar-refractivity contribution >= 4 is 17.7 Å². The number of halogens is 2. The molecule has 10 heteroatoms.